The molecule has 31 heavy (non-hydrogen) atoms. The molecule has 0 amide bonds. The number of hydrogen-bond donors (Lipinski definition) is 0. The first kappa shape index (κ1) is 19.4. The maximum atomic E-state index is 5.93. The SMILES string of the molecule is Cc1c(C)c([SiH]2CCO[SiH2][SiH2]2)c2cc3c(ccc4cc5ccccc5cc43)cc2c1C. The fourth-order valence-electron chi connectivity index (χ4n) is 5.73. The highest BCUT2D eigenvalue weighted by Crippen LogP contribution is 2.34. The topological polar surface area (TPSA) is 9.23 Å². The van der Waals surface area contributed by atoms with Crippen LogP contribution in [0.1, 0.15) is 16.7 Å². The van der Waals surface area contributed by atoms with Crippen molar-refractivity contribution in [3.8, 4) is 0 Å². The predicted molar refractivity (Wildman–Crippen MR) is 145 cm³/mol. The third-order valence-corrected chi connectivity index (χ3v) is 26.2. The highest BCUT2D eigenvalue weighted by atomic mass is 29.5. The van der Waals surface area contributed by atoms with Crippen LogP contribution in [-0.2, 0) is 4.43 Å². The fraction of sp³-hybridized carbons (Fsp3) is 0.185. The molecule has 0 bridgehead atoms. The Balaban J connectivity index is 1.74. The van der Waals surface area contributed by atoms with E-state index in [1.165, 1.54) is 54.9 Å². The van der Waals surface area contributed by atoms with Crippen molar-refractivity contribution in [2.75, 3.05) is 6.61 Å². The van der Waals surface area contributed by atoms with Gasteiger partial charge in [0, 0.05) is 15.2 Å². The maximum Gasteiger partial charge on any atom is 0.141 e. The normalized spacial score (nSPS) is 18.7. The van der Waals surface area contributed by atoms with E-state index in [0.29, 0.717) is 0 Å². The summed E-state index contributed by atoms with van der Waals surface area (Å²) >= 11 is 0. The van der Waals surface area contributed by atoms with Crippen LogP contribution in [0.25, 0.3) is 43.1 Å². The van der Waals surface area contributed by atoms with E-state index in [0.717, 1.165) is 6.61 Å². The summed E-state index contributed by atoms with van der Waals surface area (Å²) in [7, 11) is -0.993. The van der Waals surface area contributed by atoms with Gasteiger partial charge in [0.15, 0.2) is 0 Å². The Morgan fingerprint density at radius 1 is 0.677 bits per heavy atom. The van der Waals surface area contributed by atoms with Gasteiger partial charge in [-0.2, -0.15) is 0 Å². The minimum atomic E-state index is -0.830. The van der Waals surface area contributed by atoms with Crippen molar-refractivity contribution in [2.45, 2.75) is 26.8 Å². The Morgan fingerprint density at radius 2 is 1.35 bits per heavy atom. The van der Waals surface area contributed by atoms with Crippen molar-refractivity contribution < 1.29 is 4.43 Å². The van der Waals surface area contributed by atoms with Crippen molar-refractivity contribution in [1.29, 1.82) is 0 Å². The van der Waals surface area contributed by atoms with Crippen LogP contribution < -0.4 is 5.19 Å². The summed E-state index contributed by atoms with van der Waals surface area (Å²) in [6, 6.07) is 24.5. The van der Waals surface area contributed by atoms with Crippen LogP contribution in [0.5, 0.6) is 0 Å². The van der Waals surface area contributed by atoms with Crippen LogP contribution in [0.4, 0.5) is 0 Å². The van der Waals surface area contributed by atoms with E-state index in [4.69, 9.17) is 4.43 Å². The lowest BCUT2D eigenvalue weighted by molar-refractivity contribution is 0.367. The third kappa shape index (κ3) is 3.04. The number of fused-ring (bicyclic) bond motifs is 5. The molecule has 1 heterocycles. The van der Waals surface area contributed by atoms with E-state index in [2.05, 4.69) is 81.4 Å². The molecule has 0 saturated carbocycles. The van der Waals surface area contributed by atoms with Gasteiger partial charge in [-0.3, -0.25) is 0 Å². The van der Waals surface area contributed by atoms with Crippen LogP contribution in [0.3, 0.4) is 0 Å². The Kier molecular flexibility index (Phi) is 4.65. The van der Waals surface area contributed by atoms with E-state index >= 15 is 0 Å². The monoisotopic (exact) mass is 452 g/mol. The van der Waals surface area contributed by atoms with Gasteiger partial charge >= 0.3 is 0 Å². The van der Waals surface area contributed by atoms with Crippen LogP contribution in [0.2, 0.25) is 6.04 Å². The second kappa shape index (κ2) is 7.41. The molecule has 0 radical (unpaired) electrons. The molecule has 1 unspecified atom stereocenters. The minimum Gasteiger partial charge on any atom is -0.428 e. The van der Waals surface area contributed by atoms with E-state index in [9.17, 15) is 0 Å². The van der Waals surface area contributed by atoms with Crippen molar-refractivity contribution in [2.24, 2.45) is 0 Å². The van der Waals surface area contributed by atoms with Crippen LogP contribution in [0.15, 0.2) is 60.7 Å². The Bertz CT molecular complexity index is 1500. The lowest BCUT2D eigenvalue weighted by Crippen LogP contribution is -2.46. The Morgan fingerprint density at radius 3 is 2.10 bits per heavy atom. The van der Waals surface area contributed by atoms with Gasteiger partial charge in [-0.05, 0) is 111 Å². The van der Waals surface area contributed by atoms with Gasteiger partial charge < -0.3 is 4.43 Å². The van der Waals surface area contributed by atoms with Gasteiger partial charge in [0.25, 0.3) is 0 Å². The quantitative estimate of drug-likeness (QED) is 0.209. The van der Waals surface area contributed by atoms with Crippen LogP contribution in [-0.4, -0.2) is 32.8 Å². The number of benzene rings is 5. The number of hydrogen-bond acceptors (Lipinski definition) is 1. The summed E-state index contributed by atoms with van der Waals surface area (Å²) in [5.74, 6) is 0. The van der Waals surface area contributed by atoms with E-state index in [1.54, 1.807) is 16.1 Å². The average Bonchev–Trinajstić information content (AvgIpc) is 2.81. The van der Waals surface area contributed by atoms with Crippen molar-refractivity contribution in [1.82, 2.24) is 0 Å². The van der Waals surface area contributed by atoms with Gasteiger partial charge in [-0.25, -0.2) is 0 Å². The molecule has 0 spiro atoms. The second-order valence-electron chi connectivity index (χ2n) is 9.28. The van der Waals surface area contributed by atoms with Crippen LogP contribution >= 0.6 is 0 Å². The zero-order valence-corrected chi connectivity index (χ0v) is 22.6. The molecule has 0 aliphatic carbocycles. The Labute approximate surface area is 189 Å². The van der Waals surface area contributed by atoms with Gasteiger partial charge in [-0.15, -0.1) is 0 Å². The highest BCUT2D eigenvalue weighted by molar-refractivity contribution is 7.39. The summed E-state index contributed by atoms with van der Waals surface area (Å²) in [5, 5.41) is 13.0. The van der Waals surface area contributed by atoms with Gasteiger partial charge in [0.2, 0.25) is 0 Å². The van der Waals surface area contributed by atoms with E-state index < -0.39 is 8.31 Å². The minimum absolute atomic E-state index is 0.0214. The first-order valence-electron chi connectivity index (χ1n) is 11.5. The summed E-state index contributed by atoms with van der Waals surface area (Å²) in [4.78, 5) is 0. The average molecular weight is 453 g/mol. The lowest BCUT2D eigenvalue weighted by atomic mass is 9.91. The molecular formula is C27H28OSi3. The van der Waals surface area contributed by atoms with Crippen molar-refractivity contribution >= 4 is 74.4 Å². The van der Waals surface area contributed by atoms with E-state index in [1.807, 2.05) is 0 Å². The summed E-state index contributed by atoms with van der Waals surface area (Å²) < 4.78 is 5.93. The molecule has 0 N–H and O–H groups in total. The third-order valence-electron chi connectivity index (χ3n) is 7.69. The Hall–Kier alpha value is -2.25. The number of aryl methyl sites for hydroxylation is 1. The lowest BCUT2D eigenvalue weighted by Gasteiger charge is -2.26. The van der Waals surface area contributed by atoms with Gasteiger partial charge in [0.1, 0.15) is 9.28 Å². The molecule has 1 atom stereocenters. The van der Waals surface area contributed by atoms with Gasteiger partial charge in [-0.1, -0.05) is 41.6 Å². The molecule has 1 aliphatic rings. The van der Waals surface area contributed by atoms with Gasteiger partial charge in [0.05, 0.1) is 8.31 Å². The molecule has 154 valence electrons. The molecule has 1 saturated heterocycles. The molecule has 5 aromatic rings. The molecule has 1 aliphatic heterocycles. The predicted octanol–water partition coefficient (Wildman–Crippen LogP) is 4.35. The van der Waals surface area contributed by atoms with Crippen LogP contribution in [0, 0.1) is 20.8 Å². The second-order valence-corrected chi connectivity index (χ2v) is 24.3. The molecule has 4 heteroatoms. The largest absolute Gasteiger partial charge is 0.428 e. The van der Waals surface area contributed by atoms with Crippen molar-refractivity contribution in [3.05, 3.63) is 77.4 Å². The fourth-order valence-corrected chi connectivity index (χ4v) is 24.7. The summed E-state index contributed by atoms with van der Waals surface area (Å²) in [5.41, 5.74) is 4.58. The first-order valence-corrected chi connectivity index (χ1v) is 20.7. The maximum absolute atomic E-state index is 5.93. The zero-order chi connectivity index (χ0) is 21.1. The zero-order valence-electron chi connectivity index (χ0n) is 18.6. The molecule has 5 aromatic carbocycles. The standard InChI is InChI=1S/C27H28OSi3/c1-16-17(2)23-14-22-9-8-21-12-19-6-4-5-7-20(19)13-24(21)25(22)15-26(23)27(18(16)3)31-11-10-28-29-30-31/h4-9,12-15,31H,10-11,29-30H2,1-3H3. The van der Waals surface area contributed by atoms with E-state index in [-0.39, 0.29) is 17.8 Å². The molecule has 1 nitrogen and oxygen atoms in total. The van der Waals surface area contributed by atoms with Crippen molar-refractivity contribution in [3.63, 3.8) is 0 Å². The number of rotatable bonds is 1. The highest BCUT2D eigenvalue weighted by Gasteiger charge is 2.24. The first-order chi connectivity index (χ1) is 15.1. The molecule has 0 aromatic heterocycles. The summed E-state index contributed by atoms with van der Waals surface area (Å²) in [6.45, 7) is 8.10. The molecular weight excluding hydrogens is 425 g/mol. The molecule has 6 rings (SSSR count). The molecule has 1 fully saturated rings. The smallest absolute Gasteiger partial charge is 0.141 e. The summed E-state index contributed by atoms with van der Waals surface area (Å²) in [6.07, 6.45) is 0.